The van der Waals surface area contributed by atoms with Crippen LogP contribution >= 0.6 is 0 Å². The first-order chi connectivity index (χ1) is 11.2. The van der Waals surface area contributed by atoms with E-state index in [4.69, 9.17) is 4.74 Å². The molecule has 23 heavy (non-hydrogen) atoms. The van der Waals surface area contributed by atoms with Crippen LogP contribution in [0.3, 0.4) is 0 Å². The largest absolute Gasteiger partial charge is 0.462 e. The van der Waals surface area contributed by atoms with Crippen molar-refractivity contribution in [1.29, 1.82) is 0 Å². The van der Waals surface area contributed by atoms with E-state index in [0.29, 0.717) is 18.4 Å². The highest BCUT2D eigenvalue weighted by atomic mass is 19.2. The summed E-state index contributed by atoms with van der Waals surface area (Å²) in [5.41, 5.74) is 2.80. The average molecular weight is 316 g/mol. The van der Waals surface area contributed by atoms with Gasteiger partial charge >= 0.3 is 0 Å². The SMILES string of the molecule is CC=COc1ccc(CCc2ccc(CCC)cc2)c(F)c1F. The molecule has 0 aliphatic carbocycles. The number of benzene rings is 2. The molecule has 122 valence electrons. The lowest BCUT2D eigenvalue weighted by Gasteiger charge is -2.08. The van der Waals surface area contributed by atoms with E-state index in [1.807, 2.05) is 0 Å². The summed E-state index contributed by atoms with van der Waals surface area (Å²) < 4.78 is 33.0. The first-order valence-corrected chi connectivity index (χ1v) is 7.98. The van der Waals surface area contributed by atoms with E-state index < -0.39 is 11.6 Å². The third kappa shape index (κ3) is 4.65. The molecule has 2 aromatic rings. The monoisotopic (exact) mass is 316 g/mol. The summed E-state index contributed by atoms with van der Waals surface area (Å²) in [6, 6.07) is 11.4. The second-order valence-electron chi connectivity index (χ2n) is 5.50. The zero-order valence-corrected chi connectivity index (χ0v) is 13.6. The fraction of sp³-hybridized carbons (Fsp3) is 0.300. The summed E-state index contributed by atoms with van der Waals surface area (Å²) in [6.07, 6.45) is 6.26. The Balaban J connectivity index is 2.04. The van der Waals surface area contributed by atoms with Crippen molar-refractivity contribution < 1.29 is 13.5 Å². The van der Waals surface area contributed by atoms with Gasteiger partial charge in [-0.3, -0.25) is 0 Å². The normalized spacial score (nSPS) is 11.1. The lowest BCUT2D eigenvalue weighted by Crippen LogP contribution is -2.00. The number of hydrogen-bond acceptors (Lipinski definition) is 1. The van der Waals surface area contributed by atoms with Gasteiger partial charge in [-0.15, -0.1) is 0 Å². The molecule has 0 aromatic heterocycles. The fourth-order valence-electron chi connectivity index (χ4n) is 2.44. The molecule has 0 aliphatic rings. The molecule has 0 amide bonds. The van der Waals surface area contributed by atoms with E-state index in [2.05, 4.69) is 31.2 Å². The van der Waals surface area contributed by atoms with E-state index in [9.17, 15) is 8.78 Å². The fourth-order valence-corrected chi connectivity index (χ4v) is 2.44. The maximum atomic E-state index is 14.1. The molecule has 2 aromatic carbocycles. The van der Waals surface area contributed by atoms with Gasteiger partial charge < -0.3 is 4.74 Å². The van der Waals surface area contributed by atoms with Crippen molar-refractivity contribution in [2.45, 2.75) is 39.5 Å². The lowest BCUT2D eigenvalue weighted by molar-refractivity contribution is 0.411. The number of allylic oxidation sites excluding steroid dienone is 1. The Hall–Kier alpha value is -2.16. The van der Waals surface area contributed by atoms with Crippen LogP contribution < -0.4 is 4.74 Å². The van der Waals surface area contributed by atoms with Crippen LogP contribution in [-0.2, 0) is 19.3 Å². The summed E-state index contributed by atoms with van der Waals surface area (Å²) in [4.78, 5) is 0. The standard InChI is InChI=1S/C20H22F2O/c1-3-5-15-6-8-16(9-7-15)10-11-17-12-13-18(23-14-4-2)20(22)19(17)21/h4,6-9,12-14H,3,5,10-11H2,1-2H3. The molecule has 0 saturated carbocycles. The molecule has 0 aliphatic heterocycles. The highest BCUT2D eigenvalue weighted by Gasteiger charge is 2.14. The lowest BCUT2D eigenvalue weighted by atomic mass is 10.0. The Kier molecular flexibility index (Phi) is 6.33. The van der Waals surface area contributed by atoms with E-state index in [-0.39, 0.29) is 5.75 Å². The van der Waals surface area contributed by atoms with Gasteiger partial charge in [-0.05, 0) is 48.9 Å². The Labute approximate surface area is 136 Å². The maximum Gasteiger partial charge on any atom is 0.201 e. The van der Waals surface area contributed by atoms with Crippen LogP contribution in [0.4, 0.5) is 8.78 Å². The maximum absolute atomic E-state index is 14.1. The minimum absolute atomic E-state index is 0.0896. The van der Waals surface area contributed by atoms with Crippen molar-refractivity contribution in [2.75, 3.05) is 0 Å². The smallest absolute Gasteiger partial charge is 0.201 e. The molecule has 0 saturated heterocycles. The van der Waals surface area contributed by atoms with Crippen molar-refractivity contribution in [3.05, 3.63) is 77.1 Å². The number of aryl methyl sites for hydroxylation is 3. The molecule has 3 heteroatoms. The molecule has 2 rings (SSSR count). The molecule has 0 radical (unpaired) electrons. The first-order valence-electron chi connectivity index (χ1n) is 7.98. The van der Waals surface area contributed by atoms with Crippen LogP contribution in [0.5, 0.6) is 5.75 Å². The van der Waals surface area contributed by atoms with Crippen LogP contribution in [-0.4, -0.2) is 0 Å². The zero-order chi connectivity index (χ0) is 16.7. The van der Waals surface area contributed by atoms with Crippen molar-refractivity contribution in [2.24, 2.45) is 0 Å². The second-order valence-corrected chi connectivity index (χ2v) is 5.50. The molecular formula is C20H22F2O. The summed E-state index contributed by atoms with van der Waals surface area (Å²) in [5, 5.41) is 0. The van der Waals surface area contributed by atoms with Crippen molar-refractivity contribution in [3.63, 3.8) is 0 Å². The number of hydrogen-bond donors (Lipinski definition) is 0. The summed E-state index contributed by atoms with van der Waals surface area (Å²) in [6.45, 7) is 3.89. The first kappa shape index (κ1) is 17.2. The Morgan fingerprint density at radius 2 is 1.52 bits per heavy atom. The molecule has 0 fully saturated rings. The third-order valence-corrected chi connectivity index (χ3v) is 3.70. The number of halogens is 2. The van der Waals surface area contributed by atoms with Crippen LogP contribution in [0.1, 0.15) is 37.0 Å². The van der Waals surface area contributed by atoms with Crippen LogP contribution in [0.2, 0.25) is 0 Å². The van der Waals surface area contributed by atoms with Gasteiger partial charge in [-0.25, -0.2) is 4.39 Å². The Morgan fingerprint density at radius 1 is 0.870 bits per heavy atom. The quantitative estimate of drug-likeness (QED) is 0.603. The molecule has 0 unspecified atom stereocenters. The molecule has 0 atom stereocenters. The number of ether oxygens (including phenoxy) is 1. The summed E-state index contributed by atoms with van der Waals surface area (Å²) in [5.74, 6) is -1.85. The Morgan fingerprint density at radius 3 is 2.13 bits per heavy atom. The molecular weight excluding hydrogens is 294 g/mol. The van der Waals surface area contributed by atoms with Gasteiger partial charge in [0, 0.05) is 0 Å². The molecule has 1 nitrogen and oxygen atoms in total. The highest BCUT2D eigenvalue weighted by Crippen LogP contribution is 2.24. The molecule has 0 N–H and O–H groups in total. The van der Waals surface area contributed by atoms with Crippen molar-refractivity contribution >= 4 is 0 Å². The summed E-state index contributed by atoms with van der Waals surface area (Å²) >= 11 is 0. The van der Waals surface area contributed by atoms with Crippen molar-refractivity contribution in [3.8, 4) is 5.75 Å². The van der Waals surface area contributed by atoms with E-state index >= 15 is 0 Å². The van der Waals surface area contributed by atoms with E-state index in [1.54, 1.807) is 19.1 Å². The predicted molar refractivity (Wildman–Crippen MR) is 89.6 cm³/mol. The zero-order valence-electron chi connectivity index (χ0n) is 13.6. The highest BCUT2D eigenvalue weighted by molar-refractivity contribution is 5.32. The van der Waals surface area contributed by atoms with Gasteiger partial charge in [-0.1, -0.05) is 49.8 Å². The summed E-state index contributed by atoms with van der Waals surface area (Å²) in [7, 11) is 0. The van der Waals surface area contributed by atoms with Gasteiger partial charge in [0.15, 0.2) is 11.6 Å². The predicted octanol–water partition coefficient (Wildman–Crippen LogP) is 5.61. The van der Waals surface area contributed by atoms with Crippen LogP contribution in [0.25, 0.3) is 0 Å². The van der Waals surface area contributed by atoms with Gasteiger partial charge in [0.1, 0.15) is 0 Å². The van der Waals surface area contributed by atoms with Gasteiger partial charge in [-0.2, -0.15) is 4.39 Å². The van der Waals surface area contributed by atoms with Crippen molar-refractivity contribution in [1.82, 2.24) is 0 Å². The van der Waals surface area contributed by atoms with Crippen LogP contribution in [0.15, 0.2) is 48.7 Å². The third-order valence-electron chi connectivity index (χ3n) is 3.70. The topological polar surface area (TPSA) is 9.23 Å². The van der Waals surface area contributed by atoms with Crippen LogP contribution in [0, 0.1) is 11.6 Å². The Bertz CT molecular complexity index is 660. The molecule has 0 bridgehead atoms. The minimum Gasteiger partial charge on any atom is -0.462 e. The second kappa shape index (κ2) is 8.47. The van der Waals surface area contributed by atoms with Gasteiger partial charge in [0.05, 0.1) is 6.26 Å². The van der Waals surface area contributed by atoms with Gasteiger partial charge in [0.2, 0.25) is 5.82 Å². The average Bonchev–Trinajstić information content (AvgIpc) is 2.57. The number of rotatable bonds is 7. The van der Waals surface area contributed by atoms with Gasteiger partial charge in [0.25, 0.3) is 0 Å². The van der Waals surface area contributed by atoms with E-state index in [0.717, 1.165) is 18.4 Å². The molecule has 0 heterocycles. The van der Waals surface area contributed by atoms with E-state index in [1.165, 1.54) is 17.9 Å². The molecule has 0 spiro atoms. The minimum atomic E-state index is -0.932.